The third-order valence-electron chi connectivity index (χ3n) is 1.63. The smallest absolute Gasteiger partial charge is 0.195 e. The number of rotatable bonds is 0. The van der Waals surface area contributed by atoms with Crippen LogP contribution in [-0.2, 0) is 0 Å². The number of fused-ring (bicyclic) bond motifs is 1. The highest BCUT2D eigenvalue weighted by Gasteiger charge is 1.97. The van der Waals surface area contributed by atoms with E-state index in [1.165, 1.54) is 22.7 Å². The molecule has 2 rings (SSSR count). The lowest BCUT2D eigenvalue weighted by molar-refractivity contribution is 0.291. The van der Waals surface area contributed by atoms with Crippen molar-refractivity contribution in [3.63, 3.8) is 0 Å². The Balaban J connectivity index is 2.98. The van der Waals surface area contributed by atoms with E-state index in [9.17, 15) is 0 Å². The fraction of sp³-hybridized carbons (Fsp3) is 0. The largest absolute Gasteiger partial charge is 0.410 e. The zero-order chi connectivity index (χ0) is 9.97. The second-order valence-electron chi connectivity index (χ2n) is 2.46. The van der Waals surface area contributed by atoms with Gasteiger partial charge in [0.25, 0.3) is 0 Å². The lowest BCUT2D eigenvalue weighted by Gasteiger charge is -1.93. The Kier molecular flexibility index (Phi) is 2.47. The van der Waals surface area contributed by atoms with Crippen LogP contribution in [0.5, 0.6) is 0 Å². The molecule has 1 heterocycles. The van der Waals surface area contributed by atoms with Gasteiger partial charge in [-0.2, -0.15) is 0 Å². The maximum atomic E-state index is 8.68. The summed E-state index contributed by atoms with van der Waals surface area (Å²) in [5.41, 5.74) is 0. The molecule has 72 valence electrons. The molecule has 0 aliphatic heterocycles. The minimum absolute atomic E-state index is 0.316. The summed E-state index contributed by atoms with van der Waals surface area (Å²) in [5.74, 6) is 0. The summed E-state index contributed by atoms with van der Waals surface area (Å²) in [4.78, 5) is 0. The van der Waals surface area contributed by atoms with Gasteiger partial charge in [-0.3, -0.25) is 0 Å². The summed E-state index contributed by atoms with van der Waals surface area (Å²) in [7, 11) is 0. The maximum absolute atomic E-state index is 8.68. The first kappa shape index (κ1) is 9.17. The van der Waals surface area contributed by atoms with Gasteiger partial charge in [-0.25, -0.2) is 0 Å². The van der Waals surface area contributed by atoms with Crippen LogP contribution < -0.4 is 9.34 Å². The van der Waals surface area contributed by atoms with Gasteiger partial charge in [0.2, 0.25) is 0 Å². The molecule has 14 heavy (non-hydrogen) atoms. The highest BCUT2D eigenvalue weighted by molar-refractivity contribution is 7.25. The summed E-state index contributed by atoms with van der Waals surface area (Å²) in [6, 6.07) is 7.66. The predicted molar refractivity (Wildman–Crippen MR) is 54.4 cm³/mol. The maximum Gasteiger partial charge on any atom is 0.195 e. The molecule has 1 aromatic carbocycles. The van der Waals surface area contributed by atoms with Crippen molar-refractivity contribution in [2.24, 2.45) is 10.3 Å². The standard InChI is InChI=1S/C8H6N2O2S2/c11-9-7-8(10-12)14-6-4-2-1-3-5(6)13-7/h1-4,11-12H/b9-7+,10-8+. The molecule has 1 aromatic heterocycles. The Hall–Kier alpha value is -1.40. The van der Waals surface area contributed by atoms with Gasteiger partial charge in [-0.1, -0.05) is 22.4 Å². The van der Waals surface area contributed by atoms with Crippen LogP contribution in [0.3, 0.4) is 0 Å². The summed E-state index contributed by atoms with van der Waals surface area (Å²) in [5, 5.41) is 23.5. The molecule has 6 heteroatoms. The monoisotopic (exact) mass is 226 g/mol. The summed E-state index contributed by atoms with van der Waals surface area (Å²) >= 11 is 2.56. The van der Waals surface area contributed by atoms with Crippen LogP contribution in [0.1, 0.15) is 0 Å². The lowest BCUT2D eigenvalue weighted by atomic mass is 10.4. The van der Waals surface area contributed by atoms with Crippen LogP contribution in [0.25, 0.3) is 9.40 Å². The van der Waals surface area contributed by atoms with Gasteiger partial charge in [0, 0.05) is 9.40 Å². The van der Waals surface area contributed by atoms with Crippen molar-refractivity contribution < 1.29 is 10.4 Å². The molecule has 0 fully saturated rings. The normalized spacial score (nSPS) is 13.7. The predicted octanol–water partition coefficient (Wildman–Crippen LogP) is 1.54. The molecule has 0 atom stereocenters. The zero-order valence-corrected chi connectivity index (χ0v) is 8.55. The lowest BCUT2D eigenvalue weighted by Crippen LogP contribution is -2.19. The molecule has 0 amide bonds. The van der Waals surface area contributed by atoms with Crippen molar-refractivity contribution in [2.45, 2.75) is 0 Å². The average Bonchev–Trinajstić information content (AvgIpc) is 2.27. The van der Waals surface area contributed by atoms with Crippen LogP contribution in [0.2, 0.25) is 0 Å². The van der Waals surface area contributed by atoms with Crippen LogP contribution in [0.15, 0.2) is 34.6 Å². The van der Waals surface area contributed by atoms with Crippen molar-refractivity contribution in [3.8, 4) is 0 Å². The van der Waals surface area contributed by atoms with Crippen molar-refractivity contribution in [3.05, 3.63) is 33.6 Å². The molecule has 0 bridgehead atoms. The number of nitrogens with zero attached hydrogens (tertiary/aromatic N) is 2. The minimum Gasteiger partial charge on any atom is -0.410 e. The Labute approximate surface area is 86.7 Å². The van der Waals surface area contributed by atoms with Crippen LogP contribution in [0.4, 0.5) is 0 Å². The number of benzene rings is 1. The van der Waals surface area contributed by atoms with Gasteiger partial charge in [0.05, 0.1) is 0 Å². The summed E-state index contributed by atoms with van der Waals surface area (Å²) < 4.78 is 2.63. The first-order valence-corrected chi connectivity index (χ1v) is 5.37. The fourth-order valence-corrected chi connectivity index (χ4v) is 2.93. The van der Waals surface area contributed by atoms with E-state index in [4.69, 9.17) is 10.4 Å². The van der Waals surface area contributed by atoms with Gasteiger partial charge < -0.3 is 10.4 Å². The highest BCUT2D eigenvalue weighted by atomic mass is 32.1. The highest BCUT2D eigenvalue weighted by Crippen LogP contribution is 2.16. The van der Waals surface area contributed by atoms with E-state index in [0.717, 1.165) is 9.40 Å². The average molecular weight is 226 g/mol. The van der Waals surface area contributed by atoms with Crippen LogP contribution >= 0.6 is 22.7 Å². The topological polar surface area (TPSA) is 65.2 Å². The first-order valence-electron chi connectivity index (χ1n) is 3.74. The van der Waals surface area contributed by atoms with Gasteiger partial charge >= 0.3 is 0 Å². The molecule has 2 N–H and O–H groups in total. The molecule has 4 nitrogen and oxygen atoms in total. The van der Waals surface area contributed by atoms with E-state index in [2.05, 4.69) is 10.3 Å². The molecule has 0 aliphatic carbocycles. The SMILES string of the molecule is O/N=c1/sc2ccccc2s/c1=N/O. The van der Waals surface area contributed by atoms with E-state index in [-0.39, 0.29) is 0 Å². The van der Waals surface area contributed by atoms with E-state index in [1.54, 1.807) is 0 Å². The Morgan fingerprint density at radius 1 is 0.857 bits per heavy atom. The Bertz CT molecular complexity index is 533. The van der Waals surface area contributed by atoms with Crippen molar-refractivity contribution in [1.82, 2.24) is 0 Å². The number of hydrogen-bond donors (Lipinski definition) is 2. The van der Waals surface area contributed by atoms with E-state index >= 15 is 0 Å². The minimum atomic E-state index is 0.316. The molecule has 0 radical (unpaired) electrons. The van der Waals surface area contributed by atoms with Crippen LogP contribution in [-0.4, -0.2) is 10.4 Å². The Morgan fingerprint density at radius 2 is 1.29 bits per heavy atom. The van der Waals surface area contributed by atoms with Crippen molar-refractivity contribution >= 4 is 32.1 Å². The van der Waals surface area contributed by atoms with E-state index in [1.807, 2.05) is 24.3 Å². The van der Waals surface area contributed by atoms with Crippen molar-refractivity contribution in [1.29, 1.82) is 0 Å². The molecule has 0 aliphatic rings. The third kappa shape index (κ3) is 1.49. The van der Waals surface area contributed by atoms with Gasteiger partial charge in [-0.05, 0) is 12.1 Å². The first-order chi connectivity index (χ1) is 6.85. The molecule has 2 aromatic rings. The molecular weight excluding hydrogens is 220 g/mol. The van der Waals surface area contributed by atoms with Gasteiger partial charge in [-0.15, -0.1) is 22.7 Å². The molecule has 0 unspecified atom stereocenters. The van der Waals surface area contributed by atoms with Crippen molar-refractivity contribution in [2.75, 3.05) is 0 Å². The molecule has 0 saturated heterocycles. The quantitative estimate of drug-likeness (QED) is 0.528. The van der Waals surface area contributed by atoms with Crippen LogP contribution in [0, 0.1) is 0 Å². The molecular formula is C8H6N2O2S2. The third-order valence-corrected chi connectivity index (χ3v) is 3.97. The second kappa shape index (κ2) is 3.77. The summed E-state index contributed by atoms with van der Waals surface area (Å²) in [6.07, 6.45) is 0. The van der Waals surface area contributed by atoms with E-state index < -0.39 is 0 Å². The zero-order valence-electron chi connectivity index (χ0n) is 6.91. The molecule has 0 spiro atoms. The fourth-order valence-electron chi connectivity index (χ4n) is 1.04. The van der Waals surface area contributed by atoms with Gasteiger partial charge in [0.1, 0.15) is 0 Å². The Morgan fingerprint density at radius 3 is 1.64 bits per heavy atom. The van der Waals surface area contributed by atoms with E-state index in [0.29, 0.717) is 9.34 Å². The summed E-state index contributed by atoms with van der Waals surface area (Å²) in [6.45, 7) is 0. The second-order valence-corrected chi connectivity index (χ2v) is 4.52. The molecule has 0 saturated carbocycles. The van der Waals surface area contributed by atoms with Gasteiger partial charge in [0.15, 0.2) is 9.34 Å². The number of hydrogen-bond acceptors (Lipinski definition) is 6.